The van der Waals surface area contributed by atoms with E-state index in [0.717, 1.165) is 61.5 Å². The molecule has 0 radical (unpaired) electrons. The number of halogens is 5. The second-order valence-corrected chi connectivity index (χ2v) is 14.5. The third kappa shape index (κ3) is 8.54. The number of alkyl halides is 3. The zero-order chi connectivity index (χ0) is 38.8. The highest BCUT2D eigenvalue weighted by Crippen LogP contribution is 2.52. The Kier molecular flexibility index (Phi) is 11.6. The molecule has 1 saturated carbocycles. The topological polar surface area (TPSA) is 96.8 Å². The van der Waals surface area contributed by atoms with Gasteiger partial charge in [-0.1, -0.05) is 44.2 Å². The maximum absolute atomic E-state index is 14.3. The van der Waals surface area contributed by atoms with Crippen LogP contribution in [0.15, 0.2) is 60.8 Å². The second kappa shape index (κ2) is 16.0. The van der Waals surface area contributed by atoms with E-state index in [0.29, 0.717) is 18.0 Å². The summed E-state index contributed by atoms with van der Waals surface area (Å²) in [5, 5.41) is 7.69. The Balaban J connectivity index is 0.00000245. The van der Waals surface area contributed by atoms with Crippen LogP contribution in [-0.2, 0) is 13.0 Å². The molecule has 4 aromatic rings. The molecule has 2 aliphatic heterocycles. The summed E-state index contributed by atoms with van der Waals surface area (Å²) in [6.07, 6.45) is -0.354. The lowest BCUT2D eigenvalue weighted by Crippen LogP contribution is -2.65. The van der Waals surface area contributed by atoms with Gasteiger partial charge in [0.25, 0.3) is 11.8 Å². The van der Waals surface area contributed by atoms with Crippen LogP contribution < -0.4 is 14.4 Å². The molecular weight excluding hydrogens is 726 g/mol. The molecular formula is C39H44ClF4N7O3. The average Bonchev–Trinajstić information content (AvgIpc) is 3.11. The molecule has 288 valence electrons. The van der Waals surface area contributed by atoms with Crippen LogP contribution in [0.25, 0.3) is 0 Å². The Morgan fingerprint density at radius 1 is 1.06 bits per heavy atom. The third-order valence-electron chi connectivity index (χ3n) is 10.1. The van der Waals surface area contributed by atoms with Crippen LogP contribution in [0.2, 0.25) is 5.28 Å². The first-order valence-electron chi connectivity index (χ1n) is 18.2. The number of hydrogen-bond donors (Lipinski definition) is 0. The first kappa shape index (κ1) is 39.1. The number of carbonyl (C=O) groups excluding carboxylic acids is 1. The summed E-state index contributed by atoms with van der Waals surface area (Å²) in [5.74, 6) is -1.05. The van der Waals surface area contributed by atoms with Crippen LogP contribution in [0.1, 0.15) is 80.7 Å². The number of pyridine rings is 1. The molecule has 1 spiro atoms. The number of nitrogens with zero attached hydrogens (tertiary/aromatic N) is 7. The fraction of sp³-hybridized carbons (Fsp3) is 0.462. The van der Waals surface area contributed by atoms with Gasteiger partial charge in [-0.2, -0.15) is 18.2 Å². The van der Waals surface area contributed by atoms with E-state index < -0.39 is 36.1 Å². The lowest BCUT2D eigenvalue weighted by atomic mass is 9.61. The van der Waals surface area contributed by atoms with Gasteiger partial charge in [0.1, 0.15) is 30.0 Å². The Morgan fingerprint density at radius 3 is 2.46 bits per heavy atom. The van der Waals surface area contributed by atoms with Crippen molar-refractivity contribution in [2.24, 2.45) is 5.41 Å². The molecule has 2 aromatic heterocycles. The van der Waals surface area contributed by atoms with Crippen molar-refractivity contribution in [2.45, 2.75) is 84.8 Å². The molecule has 4 heterocycles. The monoisotopic (exact) mass is 769 g/mol. The van der Waals surface area contributed by atoms with E-state index in [2.05, 4.69) is 56.3 Å². The van der Waals surface area contributed by atoms with Crippen molar-refractivity contribution in [3.8, 4) is 17.4 Å². The smallest absolute Gasteiger partial charge is 0.406 e. The van der Waals surface area contributed by atoms with Crippen molar-refractivity contribution in [1.82, 2.24) is 30.0 Å². The maximum Gasteiger partial charge on any atom is 0.406 e. The summed E-state index contributed by atoms with van der Waals surface area (Å²) < 4.78 is 66.9. The van der Waals surface area contributed by atoms with Crippen LogP contribution in [0.3, 0.4) is 0 Å². The first-order valence-corrected chi connectivity index (χ1v) is 18.6. The van der Waals surface area contributed by atoms with Gasteiger partial charge in [-0.3, -0.25) is 14.7 Å². The number of ether oxygens (including phenoxy) is 2. The fourth-order valence-electron chi connectivity index (χ4n) is 7.51. The van der Waals surface area contributed by atoms with Gasteiger partial charge in [0.05, 0.1) is 11.3 Å². The quantitative estimate of drug-likeness (QED) is 0.147. The highest BCUT2D eigenvalue weighted by molar-refractivity contribution is 6.28. The summed E-state index contributed by atoms with van der Waals surface area (Å²) in [7, 11) is 0. The molecule has 7 rings (SSSR count). The molecule has 1 saturated heterocycles. The van der Waals surface area contributed by atoms with E-state index in [1.807, 2.05) is 37.1 Å². The molecule has 1 amide bonds. The molecule has 1 aliphatic carbocycles. The third-order valence-corrected chi connectivity index (χ3v) is 10.2. The number of aromatic nitrogens is 4. The average molecular weight is 770 g/mol. The summed E-state index contributed by atoms with van der Waals surface area (Å²) in [6.45, 7) is 10.5. The summed E-state index contributed by atoms with van der Waals surface area (Å²) in [6, 6.07) is 14.7. The number of hydrogen-bond acceptors (Lipinski definition) is 9. The lowest BCUT2D eigenvalue weighted by Gasteiger charge is -2.58. The van der Waals surface area contributed by atoms with Gasteiger partial charge >= 0.3 is 6.18 Å². The van der Waals surface area contributed by atoms with Crippen molar-refractivity contribution in [3.05, 3.63) is 94.3 Å². The summed E-state index contributed by atoms with van der Waals surface area (Å²) >= 11 is 6.13. The Labute approximate surface area is 317 Å². The maximum atomic E-state index is 14.3. The van der Waals surface area contributed by atoms with Gasteiger partial charge in [0, 0.05) is 61.9 Å². The van der Waals surface area contributed by atoms with Crippen LogP contribution in [0.4, 0.5) is 23.4 Å². The van der Waals surface area contributed by atoms with Crippen LogP contribution in [0, 0.1) is 11.2 Å². The van der Waals surface area contributed by atoms with Crippen molar-refractivity contribution < 1.29 is 31.8 Å². The zero-order valence-corrected chi connectivity index (χ0v) is 31.7. The molecule has 54 heavy (non-hydrogen) atoms. The van der Waals surface area contributed by atoms with Crippen LogP contribution in [-0.4, -0.2) is 80.4 Å². The van der Waals surface area contributed by atoms with Gasteiger partial charge in [0.2, 0.25) is 5.28 Å². The molecule has 2 fully saturated rings. The standard InChI is InChI=1S/C37H38ClF4N7O3.C2H6/c1-22(2)49(21-37(40,41)42)34(50)27-15-25(39)9-10-29(27)52-33-32(44-35(38)46-45-33)48-19-36(20-48)16-26(17-36)51-30-11-13-43-28-12-14-47(23(3)31(28)30)18-24-7-5-4-6-8-24;1-2/h4-11,13,15,22-23,26H,12,14,16-21H2,1-3H3;1-2H3. The van der Waals surface area contributed by atoms with Gasteiger partial charge in [-0.25, -0.2) is 4.39 Å². The summed E-state index contributed by atoms with van der Waals surface area (Å²) in [4.78, 5) is 27.3. The highest BCUT2D eigenvalue weighted by atomic mass is 35.5. The number of fused-ring (bicyclic) bond motifs is 1. The van der Waals surface area contributed by atoms with E-state index in [1.165, 1.54) is 25.5 Å². The van der Waals surface area contributed by atoms with Crippen molar-refractivity contribution in [2.75, 3.05) is 31.1 Å². The molecule has 0 N–H and O–H groups in total. The van der Waals surface area contributed by atoms with Gasteiger partial charge in [-0.15, -0.1) is 10.2 Å². The minimum absolute atomic E-state index is 0.0153. The van der Waals surface area contributed by atoms with Crippen molar-refractivity contribution in [3.63, 3.8) is 0 Å². The zero-order valence-electron chi connectivity index (χ0n) is 30.9. The Bertz CT molecular complexity index is 1940. The number of rotatable bonds is 10. The Hall–Kier alpha value is -4.56. The van der Waals surface area contributed by atoms with Crippen LogP contribution >= 0.6 is 11.6 Å². The molecule has 1 unspecified atom stereocenters. The van der Waals surface area contributed by atoms with E-state index in [9.17, 15) is 22.4 Å². The second-order valence-electron chi connectivity index (χ2n) is 14.1. The predicted molar refractivity (Wildman–Crippen MR) is 196 cm³/mol. The van der Waals surface area contributed by atoms with Gasteiger partial charge < -0.3 is 19.3 Å². The molecule has 10 nitrogen and oxygen atoms in total. The fourth-order valence-corrected chi connectivity index (χ4v) is 7.62. The van der Waals surface area contributed by atoms with Crippen molar-refractivity contribution in [1.29, 1.82) is 0 Å². The molecule has 2 aromatic carbocycles. The predicted octanol–water partition coefficient (Wildman–Crippen LogP) is 8.46. The minimum atomic E-state index is -4.66. The molecule has 0 bridgehead atoms. The van der Waals surface area contributed by atoms with Crippen LogP contribution in [0.5, 0.6) is 17.4 Å². The van der Waals surface area contributed by atoms with E-state index in [1.54, 1.807) is 0 Å². The molecule has 15 heteroatoms. The van der Waals surface area contributed by atoms with Crippen molar-refractivity contribution >= 4 is 23.3 Å². The number of carbonyl (C=O) groups is 1. The first-order chi connectivity index (χ1) is 25.8. The van der Waals surface area contributed by atoms with Gasteiger partial charge in [0.15, 0.2) is 5.82 Å². The number of amides is 1. The van der Waals surface area contributed by atoms with E-state index in [-0.39, 0.29) is 40.3 Å². The number of anilines is 1. The molecule has 1 atom stereocenters. The van der Waals surface area contributed by atoms with Gasteiger partial charge in [-0.05, 0) is 75.0 Å². The van der Waals surface area contributed by atoms with E-state index in [4.69, 9.17) is 21.1 Å². The number of benzene rings is 2. The Morgan fingerprint density at radius 2 is 1.78 bits per heavy atom. The lowest BCUT2D eigenvalue weighted by molar-refractivity contribution is -0.143. The minimum Gasteiger partial charge on any atom is -0.490 e. The summed E-state index contributed by atoms with van der Waals surface area (Å²) in [5.41, 5.74) is 3.04. The normalized spacial score (nSPS) is 17.9. The van der Waals surface area contributed by atoms with E-state index >= 15 is 0 Å². The largest absolute Gasteiger partial charge is 0.490 e. The SMILES string of the molecule is CC.CC1c2c(OC3CC4(C3)CN(c3nc(Cl)nnc3Oc3ccc(F)cc3C(=O)N(CC(F)(F)F)C(C)C)C4)ccnc2CCN1Cc1ccccc1. The molecule has 3 aliphatic rings. The highest BCUT2D eigenvalue weighted by Gasteiger charge is 2.55.